The van der Waals surface area contributed by atoms with E-state index in [0.29, 0.717) is 5.92 Å². The number of hydrogen-bond acceptors (Lipinski definition) is 4. The Labute approximate surface area is 158 Å². The van der Waals surface area contributed by atoms with Gasteiger partial charge < -0.3 is 4.90 Å². The fraction of sp³-hybridized carbons (Fsp3) is 0.500. The summed E-state index contributed by atoms with van der Waals surface area (Å²) in [5, 5.41) is 3.22. The molecule has 1 fully saturated rings. The average Bonchev–Trinajstić information content (AvgIpc) is 3.06. The van der Waals surface area contributed by atoms with Crippen LogP contribution in [0.5, 0.6) is 0 Å². The first kappa shape index (κ1) is 18.5. The lowest BCUT2D eigenvalue weighted by Gasteiger charge is -2.27. The van der Waals surface area contributed by atoms with Crippen LogP contribution in [0.3, 0.4) is 0 Å². The lowest BCUT2D eigenvalue weighted by molar-refractivity contribution is 0.0760. The predicted octanol–water partition coefficient (Wildman–Crippen LogP) is 5.40. The van der Waals surface area contributed by atoms with E-state index < -0.39 is 0 Å². The van der Waals surface area contributed by atoms with Crippen molar-refractivity contribution in [1.82, 2.24) is 9.88 Å². The molecule has 1 amide bonds. The molecule has 0 saturated heterocycles. The van der Waals surface area contributed by atoms with E-state index in [0.717, 1.165) is 28.6 Å². The Hall–Kier alpha value is -1.33. The molecule has 0 bridgehead atoms. The number of amides is 1. The summed E-state index contributed by atoms with van der Waals surface area (Å²) in [5.74, 6) is 1.69. The highest BCUT2D eigenvalue weighted by molar-refractivity contribution is 7.98. The molecular weight excluding hydrogens is 348 g/mol. The number of carbonyl (C=O) groups is 1. The molecule has 2 aromatic rings. The van der Waals surface area contributed by atoms with Gasteiger partial charge >= 0.3 is 0 Å². The average molecular weight is 375 g/mol. The fourth-order valence-corrected chi connectivity index (χ4v) is 4.89. The van der Waals surface area contributed by atoms with Crippen LogP contribution in [-0.4, -0.2) is 29.4 Å². The summed E-state index contributed by atoms with van der Waals surface area (Å²) < 4.78 is 0. The van der Waals surface area contributed by atoms with Crippen LogP contribution in [0.2, 0.25) is 0 Å². The molecule has 1 aromatic carbocycles. The van der Waals surface area contributed by atoms with Gasteiger partial charge in [0, 0.05) is 35.2 Å². The summed E-state index contributed by atoms with van der Waals surface area (Å²) in [5.41, 5.74) is 1.91. The molecule has 25 heavy (non-hydrogen) atoms. The topological polar surface area (TPSA) is 33.2 Å². The van der Waals surface area contributed by atoms with Crippen molar-refractivity contribution in [2.75, 3.05) is 13.6 Å². The Morgan fingerprint density at radius 3 is 2.60 bits per heavy atom. The molecule has 1 aromatic heterocycles. The summed E-state index contributed by atoms with van der Waals surface area (Å²) in [6.07, 6.45) is 6.52. The quantitative estimate of drug-likeness (QED) is 0.635. The van der Waals surface area contributed by atoms with E-state index in [-0.39, 0.29) is 5.91 Å². The number of thiazole rings is 1. The third-order valence-electron chi connectivity index (χ3n) is 4.76. The van der Waals surface area contributed by atoms with Gasteiger partial charge in [0.05, 0.1) is 10.7 Å². The number of aryl methyl sites for hydroxylation is 1. The van der Waals surface area contributed by atoms with Crippen LogP contribution in [0.15, 0.2) is 34.5 Å². The molecule has 0 unspecified atom stereocenters. The summed E-state index contributed by atoms with van der Waals surface area (Å²) in [6, 6.07) is 8.00. The minimum Gasteiger partial charge on any atom is -0.341 e. The third-order valence-corrected chi connectivity index (χ3v) is 6.63. The van der Waals surface area contributed by atoms with Gasteiger partial charge in [-0.3, -0.25) is 4.79 Å². The van der Waals surface area contributed by atoms with Crippen molar-refractivity contribution >= 4 is 29.0 Å². The van der Waals surface area contributed by atoms with Crippen molar-refractivity contribution in [2.45, 2.75) is 49.7 Å². The van der Waals surface area contributed by atoms with E-state index in [1.165, 1.54) is 37.0 Å². The molecular formula is C20H26N2OS2. The standard InChI is InChI=1S/C20H26N2OS2/c1-15-21-18(13-24-15)14-25-19-10-8-17(9-11-19)20(23)22(2)12-16-6-4-3-5-7-16/h8-11,13,16H,3-7,12,14H2,1-2H3. The maximum absolute atomic E-state index is 12.6. The van der Waals surface area contributed by atoms with E-state index in [4.69, 9.17) is 0 Å². The molecule has 0 spiro atoms. The van der Waals surface area contributed by atoms with Crippen LogP contribution in [0.25, 0.3) is 0 Å². The second-order valence-corrected chi connectivity index (χ2v) is 8.97. The predicted molar refractivity (Wildman–Crippen MR) is 106 cm³/mol. The number of nitrogens with zero attached hydrogens (tertiary/aromatic N) is 2. The van der Waals surface area contributed by atoms with Crippen LogP contribution in [-0.2, 0) is 5.75 Å². The number of benzene rings is 1. The van der Waals surface area contributed by atoms with Crippen molar-refractivity contribution in [3.63, 3.8) is 0 Å². The van der Waals surface area contributed by atoms with Gasteiger partial charge in [-0.1, -0.05) is 19.3 Å². The molecule has 1 heterocycles. The number of thioether (sulfide) groups is 1. The van der Waals surface area contributed by atoms with E-state index in [1.807, 2.05) is 43.1 Å². The Kier molecular flexibility index (Phi) is 6.54. The maximum Gasteiger partial charge on any atom is 0.253 e. The number of carbonyl (C=O) groups excluding carboxylic acids is 1. The zero-order valence-corrected chi connectivity index (χ0v) is 16.7. The first-order chi connectivity index (χ1) is 12.1. The molecule has 3 rings (SSSR count). The van der Waals surface area contributed by atoms with Crippen molar-refractivity contribution in [1.29, 1.82) is 0 Å². The van der Waals surface area contributed by atoms with Gasteiger partial charge in [-0.25, -0.2) is 4.98 Å². The van der Waals surface area contributed by atoms with Crippen molar-refractivity contribution in [3.05, 3.63) is 45.9 Å². The van der Waals surface area contributed by atoms with E-state index in [2.05, 4.69) is 10.4 Å². The number of rotatable bonds is 6. The Balaban J connectivity index is 1.52. The van der Waals surface area contributed by atoms with Crippen LogP contribution in [0.1, 0.15) is 53.2 Å². The highest BCUT2D eigenvalue weighted by Gasteiger charge is 2.19. The lowest BCUT2D eigenvalue weighted by atomic mass is 9.89. The van der Waals surface area contributed by atoms with E-state index in [9.17, 15) is 4.79 Å². The van der Waals surface area contributed by atoms with Gasteiger partial charge in [0.25, 0.3) is 5.91 Å². The molecule has 1 saturated carbocycles. The van der Waals surface area contributed by atoms with E-state index in [1.54, 1.807) is 23.1 Å². The molecule has 1 aliphatic rings. The van der Waals surface area contributed by atoms with Crippen molar-refractivity contribution in [3.8, 4) is 0 Å². The molecule has 5 heteroatoms. The third kappa shape index (κ3) is 5.32. The summed E-state index contributed by atoms with van der Waals surface area (Å²) >= 11 is 3.45. The smallest absolute Gasteiger partial charge is 0.253 e. The minimum absolute atomic E-state index is 0.136. The molecule has 3 nitrogen and oxygen atoms in total. The van der Waals surface area contributed by atoms with Gasteiger partial charge in [-0.05, 0) is 49.9 Å². The second kappa shape index (κ2) is 8.86. The molecule has 1 aliphatic carbocycles. The Morgan fingerprint density at radius 1 is 1.24 bits per heavy atom. The molecule has 0 N–H and O–H groups in total. The monoisotopic (exact) mass is 374 g/mol. The highest BCUT2D eigenvalue weighted by atomic mass is 32.2. The van der Waals surface area contributed by atoms with Gasteiger partial charge in [-0.15, -0.1) is 23.1 Å². The Morgan fingerprint density at radius 2 is 1.96 bits per heavy atom. The van der Waals surface area contributed by atoms with Crippen LogP contribution < -0.4 is 0 Å². The normalized spacial score (nSPS) is 15.3. The van der Waals surface area contributed by atoms with Crippen LogP contribution >= 0.6 is 23.1 Å². The van der Waals surface area contributed by atoms with Crippen LogP contribution in [0, 0.1) is 12.8 Å². The van der Waals surface area contributed by atoms with Crippen molar-refractivity contribution < 1.29 is 4.79 Å². The van der Waals surface area contributed by atoms with Crippen LogP contribution in [0.4, 0.5) is 0 Å². The zero-order valence-electron chi connectivity index (χ0n) is 15.0. The lowest BCUT2D eigenvalue weighted by Crippen LogP contribution is -2.32. The van der Waals surface area contributed by atoms with E-state index >= 15 is 0 Å². The minimum atomic E-state index is 0.136. The zero-order chi connectivity index (χ0) is 17.6. The number of hydrogen-bond donors (Lipinski definition) is 0. The first-order valence-corrected chi connectivity index (χ1v) is 10.9. The SMILES string of the molecule is Cc1nc(CSc2ccc(C(=O)N(C)CC3CCCCC3)cc2)cs1. The molecule has 0 aliphatic heterocycles. The Bertz CT molecular complexity index is 690. The van der Waals surface area contributed by atoms with Gasteiger partial charge in [0.1, 0.15) is 0 Å². The fourth-order valence-electron chi connectivity index (χ4n) is 3.39. The van der Waals surface area contributed by atoms with Gasteiger partial charge in [0.2, 0.25) is 0 Å². The summed E-state index contributed by atoms with van der Waals surface area (Å²) in [4.78, 5) is 20.2. The number of aromatic nitrogens is 1. The maximum atomic E-state index is 12.6. The molecule has 0 atom stereocenters. The highest BCUT2D eigenvalue weighted by Crippen LogP contribution is 2.26. The summed E-state index contributed by atoms with van der Waals surface area (Å²) in [6.45, 7) is 2.92. The largest absolute Gasteiger partial charge is 0.341 e. The first-order valence-electron chi connectivity index (χ1n) is 9.01. The summed E-state index contributed by atoms with van der Waals surface area (Å²) in [7, 11) is 1.93. The second-order valence-electron chi connectivity index (χ2n) is 6.86. The van der Waals surface area contributed by atoms with Gasteiger partial charge in [-0.2, -0.15) is 0 Å². The van der Waals surface area contributed by atoms with Gasteiger partial charge in [0.15, 0.2) is 0 Å². The molecule has 134 valence electrons. The van der Waals surface area contributed by atoms with Crippen molar-refractivity contribution in [2.24, 2.45) is 5.92 Å². The molecule has 0 radical (unpaired) electrons.